The molecule has 2 atom stereocenters. The molecule has 0 aromatic rings. The van der Waals surface area contributed by atoms with E-state index in [1.54, 1.807) is 0 Å². The number of carbonyl (C=O) groups excluding carboxylic acids is 1. The van der Waals surface area contributed by atoms with Crippen molar-refractivity contribution in [3.8, 4) is 0 Å². The Kier molecular flexibility index (Phi) is 48.4. The van der Waals surface area contributed by atoms with Gasteiger partial charge in [0.05, 0.1) is 18.8 Å². The highest BCUT2D eigenvalue weighted by Crippen LogP contribution is 2.15. The zero-order chi connectivity index (χ0) is 43.5. The molecule has 0 aliphatic rings. The van der Waals surface area contributed by atoms with E-state index >= 15 is 0 Å². The number of hydrogen-bond donors (Lipinski definition) is 3. The summed E-state index contributed by atoms with van der Waals surface area (Å²) < 4.78 is 0. The third kappa shape index (κ3) is 46.4. The zero-order valence-corrected chi connectivity index (χ0v) is 39.4. The highest BCUT2D eigenvalue weighted by Gasteiger charge is 2.20. The van der Waals surface area contributed by atoms with Crippen molar-refractivity contribution in [2.45, 2.75) is 244 Å². The molecule has 0 aliphatic carbocycles. The topological polar surface area (TPSA) is 69.6 Å². The molecule has 0 bridgehead atoms. The molecular weight excluding hydrogens is 735 g/mol. The van der Waals surface area contributed by atoms with Crippen molar-refractivity contribution in [1.29, 1.82) is 0 Å². The second-order valence-electron chi connectivity index (χ2n) is 16.9. The number of aliphatic hydroxyl groups is 2. The Hall–Kier alpha value is -2.69. The number of aliphatic hydroxyl groups excluding tert-OH is 2. The number of hydrogen-bond acceptors (Lipinski definition) is 3. The lowest BCUT2D eigenvalue weighted by Crippen LogP contribution is -2.45. The van der Waals surface area contributed by atoms with Crippen molar-refractivity contribution in [2.24, 2.45) is 0 Å². The summed E-state index contributed by atoms with van der Waals surface area (Å²) in [6.45, 7) is 4.21. The lowest BCUT2D eigenvalue weighted by atomic mass is 10.0. The molecule has 0 saturated heterocycles. The van der Waals surface area contributed by atoms with Gasteiger partial charge in [0.2, 0.25) is 5.91 Å². The second kappa shape index (κ2) is 50.7. The minimum atomic E-state index is -0.661. The molecule has 0 aromatic heterocycles. The highest BCUT2D eigenvalue weighted by atomic mass is 16.3. The smallest absolute Gasteiger partial charge is 0.220 e. The predicted octanol–water partition coefficient (Wildman–Crippen LogP) is 16.6. The average molecular weight is 832 g/mol. The maximum Gasteiger partial charge on any atom is 0.220 e. The molecule has 0 fully saturated rings. The average Bonchev–Trinajstić information content (AvgIpc) is 3.25. The highest BCUT2D eigenvalue weighted by molar-refractivity contribution is 5.76. The molecule has 0 radical (unpaired) electrons. The fourth-order valence-corrected chi connectivity index (χ4v) is 7.26. The third-order valence-corrected chi connectivity index (χ3v) is 11.1. The normalized spacial score (nSPS) is 13.7. The summed E-state index contributed by atoms with van der Waals surface area (Å²) in [5.74, 6) is -0.0376. The van der Waals surface area contributed by atoms with Crippen LogP contribution in [0, 0.1) is 0 Å². The van der Waals surface area contributed by atoms with Gasteiger partial charge in [0, 0.05) is 6.42 Å². The number of rotatable bonds is 45. The van der Waals surface area contributed by atoms with Gasteiger partial charge in [-0.15, -0.1) is 0 Å². The van der Waals surface area contributed by atoms with Crippen molar-refractivity contribution < 1.29 is 15.0 Å². The summed E-state index contributed by atoms with van der Waals surface area (Å²) >= 11 is 0. The first-order chi connectivity index (χ1) is 29.7. The minimum Gasteiger partial charge on any atom is -0.394 e. The van der Waals surface area contributed by atoms with Crippen LogP contribution in [0.25, 0.3) is 0 Å². The molecule has 4 nitrogen and oxygen atoms in total. The number of carbonyl (C=O) groups is 1. The Morgan fingerprint density at radius 1 is 0.417 bits per heavy atom. The van der Waals surface area contributed by atoms with Crippen LogP contribution < -0.4 is 5.32 Å². The minimum absolute atomic E-state index is 0.0376. The molecule has 0 heterocycles. The maximum absolute atomic E-state index is 12.4. The van der Waals surface area contributed by atoms with Crippen LogP contribution in [0.5, 0.6) is 0 Å². The number of amides is 1. The number of allylic oxidation sites excluding steroid dienone is 16. The predicted molar refractivity (Wildman–Crippen MR) is 266 cm³/mol. The SMILES string of the molecule is CC/C=C\C/C=C\C/C=C\C/C=C\C/C=C\C/C=C\C/C=C\C/C=C\CCCCCCCCCCCCCCCCC(=O)NC(CO)C(O)CCCCCCCCCCC. The lowest BCUT2D eigenvalue weighted by Gasteiger charge is -2.22. The van der Waals surface area contributed by atoms with E-state index in [9.17, 15) is 15.0 Å². The second-order valence-corrected chi connectivity index (χ2v) is 16.9. The Labute approximate surface area is 373 Å². The van der Waals surface area contributed by atoms with Gasteiger partial charge in [-0.2, -0.15) is 0 Å². The van der Waals surface area contributed by atoms with Gasteiger partial charge in [-0.1, -0.05) is 246 Å². The summed E-state index contributed by atoms with van der Waals surface area (Å²) in [5.41, 5.74) is 0. The van der Waals surface area contributed by atoms with E-state index in [1.165, 1.54) is 128 Å². The molecule has 0 aromatic carbocycles. The first-order valence-corrected chi connectivity index (χ1v) is 25.4. The van der Waals surface area contributed by atoms with E-state index < -0.39 is 12.1 Å². The van der Waals surface area contributed by atoms with Gasteiger partial charge < -0.3 is 15.5 Å². The quantitative estimate of drug-likeness (QED) is 0.0423. The van der Waals surface area contributed by atoms with Crippen molar-refractivity contribution in [3.63, 3.8) is 0 Å². The molecule has 2 unspecified atom stereocenters. The summed E-state index contributed by atoms with van der Waals surface area (Å²) in [6.07, 6.45) is 75.2. The van der Waals surface area contributed by atoms with Gasteiger partial charge in [-0.3, -0.25) is 4.79 Å². The van der Waals surface area contributed by atoms with E-state index in [0.29, 0.717) is 12.8 Å². The zero-order valence-electron chi connectivity index (χ0n) is 39.4. The molecule has 0 saturated carbocycles. The maximum atomic E-state index is 12.4. The van der Waals surface area contributed by atoms with Gasteiger partial charge in [-0.25, -0.2) is 0 Å². The van der Waals surface area contributed by atoms with Crippen LogP contribution in [0.2, 0.25) is 0 Å². The Morgan fingerprint density at radius 2 is 0.733 bits per heavy atom. The Morgan fingerprint density at radius 3 is 1.10 bits per heavy atom. The lowest BCUT2D eigenvalue weighted by molar-refractivity contribution is -0.123. The number of unbranched alkanes of at least 4 members (excludes halogenated alkanes) is 22. The molecular formula is C56H97NO3. The molecule has 4 heteroatoms. The summed E-state index contributed by atoms with van der Waals surface area (Å²) in [7, 11) is 0. The molecule has 1 amide bonds. The summed E-state index contributed by atoms with van der Waals surface area (Å²) in [5, 5.41) is 23.1. The monoisotopic (exact) mass is 832 g/mol. The van der Waals surface area contributed by atoms with Crippen molar-refractivity contribution >= 4 is 5.91 Å². The van der Waals surface area contributed by atoms with Crippen LogP contribution >= 0.6 is 0 Å². The standard InChI is InChI=1S/C56H97NO3/c1-3-5-7-9-11-13-14-15-16-17-18-19-20-21-22-23-24-25-26-27-28-29-30-31-32-33-34-35-36-37-38-39-40-41-42-44-46-48-50-52-56(60)57-54(53-58)55(59)51-49-47-45-43-12-10-8-6-4-2/h5,7,11,13,15-16,18-19,21-22,24-25,27-28,30-31,54-55,58-59H,3-4,6,8-10,12,14,17,20,23,26,29,32-53H2,1-2H3,(H,57,60)/b7-5-,13-11-,16-15-,19-18-,22-21-,25-24-,28-27-,31-30-. The van der Waals surface area contributed by atoms with Crippen LogP contribution in [-0.2, 0) is 4.79 Å². The molecule has 3 N–H and O–H groups in total. The first-order valence-electron chi connectivity index (χ1n) is 25.4. The van der Waals surface area contributed by atoms with Gasteiger partial charge in [0.25, 0.3) is 0 Å². The molecule has 0 spiro atoms. The Balaban J connectivity index is 3.51. The fourth-order valence-electron chi connectivity index (χ4n) is 7.26. The molecule has 344 valence electrons. The Bertz CT molecular complexity index is 1130. The van der Waals surface area contributed by atoms with E-state index in [0.717, 1.165) is 77.0 Å². The van der Waals surface area contributed by atoms with Crippen LogP contribution in [-0.4, -0.2) is 34.9 Å². The van der Waals surface area contributed by atoms with Crippen molar-refractivity contribution in [2.75, 3.05) is 6.61 Å². The third-order valence-electron chi connectivity index (χ3n) is 11.1. The number of nitrogens with one attached hydrogen (secondary N) is 1. The van der Waals surface area contributed by atoms with E-state index in [-0.39, 0.29) is 12.5 Å². The molecule has 0 rings (SSSR count). The van der Waals surface area contributed by atoms with Gasteiger partial charge in [0.15, 0.2) is 0 Å². The van der Waals surface area contributed by atoms with Gasteiger partial charge >= 0.3 is 0 Å². The van der Waals surface area contributed by atoms with Crippen molar-refractivity contribution in [3.05, 3.63) is 97.2 Å². The summed E-state index contributed by atoms with van der Waals surface area (Å²) in [4.78, 5) is 12.4. The fraction of sp³-hybridized carbons (Fsp3) is 0.696. The van der Waals surface area contributed by atoms with Gasteiger partial charge in [-0.05, 0) is 77.0 Å². The molecule has 0 aliphatic heterocycles. The van der Waals surface area contributed by atoms with Gasteiger partial charge in [0.1, 0.15) is 0 Å². The first kappa shape index (κ1) is 57.3. The van der Waals surface area contributed by atoms with E-state index in [4.69, 9.17) is 0 Å². The molecule has 60 heavy (non-hydrogen) atoms. The largest absolute Gasteiger partial charge is 0.394 e. The van der Waals surface area contributed by atoms with Crippen LogP contribution in [0.3, 0.4) is 0 Å². The summed E-state index contributed by atoms with van der Waals surface area (Å²) in [6, 6.07) is -0.538. The van der Waals surface area contributed by atoms with E-state index in [1.807, 2.05) is 0 Å². The van der Waals surface area contributed by atoms with E-state index in [2.05, 4.69) is 116 Å². The van der Waals surface area contributed by atoms with Crippen LogP contribution in [0.15, 0.2) is 97.2 Å². The van der Waals surface area contributed by atoms with Crippen molar-refractivity contribution in [1.82, 2.24) is 5.32 Å². The van der Waals surface area contributed by atoms with Crippen LogP contribution in [0.4, 0.5) is 0 Å². The van der Waals surface area contributed by atoms with Crippen LogP contribution in [0.1, 0.15) is 232 Å².